The molecule has 2 atom stereocenters. The lowest BCUT2D eigenvalue weighted by Gasteiger charge is -2.20. The van der Waals surface area contributed by atoms with E-state index in [1.54, 1.807) is 0 Å². The van der Waals surface area contributed by atoms with Crippen LogP contribution in [0, 0.1) is 5.92 Å². The van der Waals surface area contributed by atoms with Gasteiger partial charge >= 0.3 is 0 Å². The summed E-state index contributed by atoms with van der Waals surface area (Å²) in [6.45, 7) is 9.04. The summed E-state index contributed by atoms with van der Waals surface area (Å²) in [5.41, 5.74) is 0. The van der Waals surface area contributed by atoms with Gasteiger partial charge in [0.1, 0.15) is 0 Å². The number of hydrogen-bond donors (Lipinski definition) is 1. The number of nitrogens with one attached hydrogen (secondary N) is 1. The molecule has 2 nitrogen and oxygen atoms in total. The smallest absolute Gasteiger partial charge is 0.0576 e. The molecule has 0 aromatic heterocycles. The molecule has 0 radical (unpaired) electrons. The van der Waals surface area contributed by atoms with Crippen LogP contribution in [0.25, 0.3) is 0 Å². The molecule has 0 bridgehead atoms. The fourth-order valence-corrected chi connectivity index (χ4v) is 2.73. The van der Waals surface area contributed by atoms with Crippen molar-refractivity contribution >= 4 is 0 Å². The summed E-state index contributed by atoms with van der Waals surface area (Å²) in [7, 11) is 0. The average Bonchev–Trinajstić information content (AvgIpc) is 2.84. The molecule has 2 unspecified atom stereocenters. The van der Waals surface area contributed by atoms with Crippen molar-refractivity contribution in [3.63, 3.8) is 0 Å². The summed E-state index contributed by atoms with van der Waals surface area (Å²) in [4.78, 5) is 0. The SMILES string of the molecule is CCCNC(CCCC(C)C)CCC1CCCO1. The summed E-state index contributed by atoms with van der Waals surface area (Å²) in [6.07, 6.45) is 11.0. The highest BCUT2D eigenvalue weighted by Gasteiger charge is 2.17. The van der Waals surface area contributed by atoms with Crippen LogP contribution in [0.15, 0.2) is 0 Å². The van der Waals surface area contributed by atoms with E-state index in [4.69, 9.17) is 4.74 Å². The van der Waals surface area contributed by atoms with Gasteiger partial charge in [-0.2, -0.15) is 0 Å². The van der Waals surface area contributed by atoms with Crippen LogP contribution in [0.3, 0.4) is 0 Å². The van der Waals surface area contributed by atoms with Gasteiger partial charge in [-0.05, 0) is 51.0 Å². The van der Waals surface area contributed by atoms with Gasteiger partial charge < -0.3 is 10.1 Å². The molecule has 1 saturated heterocycles. The monoisotopic (exact) mass is 255 g/mol. The van der Waals surface area contributed by atoms with Crippen LogP contribution >= 0.6 is 0 Å². The van der Waals surface area contributed by atoms with Crippen LogP contribution in [0.4, 0.5) is 0 Å². The summed E-state index contributed by atoms with van der Waals surface area (Å²) in [6, 6.07) is 0.716. The van der Waals surface area contributed by atoms with Gasteiger partial charge in [-0.15, -0.1) is 0 Å². The molecule has 0 spiro atoms. The van der Waals surface area contributed by atoms with E-state index in [1.807, 2.05) is 0 Å². The van der Waals surface area contributed by atoms with Gasteiger partial charge in [0.15, 0.2) is 0 Å². The van der Waals surface area contributed by atoms with Gasteiger partial charge in [-0.3, -0.25) is 0 Å². The zero-order chi connectivity index (χ0) is 13.2. The molecule has 2 heteroatoms. The standard InChI is InChI=1S/C16H33NO/c1-4-12-17-15(8-5-7-14(2)3)10-11-16-9-6-13-18-16/h14-17H,4-13H2,1-3H3. The minimum Gasteiger partial charge on any atom is -0.378 e. The van der Waals surface area contributed by atoms with Crippen LogP contribution in [-0.4, -0.2) is 25.3 Å². The normalized spacial score (nSPS) is 21.7. The Hall–Kier alpha value is -0.0800. The van der Waals surface area contributed by atoms with Crippen LogP contribution < -0.4 is 5.32 Å². The molecule has 1 heterocycles. The second-order valence-corrected chi connectivity index (χ2v) is 6.19. The maximum atomic E-state index is 5.72. The van der Waals surface area contributed by atoms with Crippen molar-refractivity contribution in [2.75, 3.05) is 13.2 Å². The lowest BCUT2D eigenvalue weighted by atomic mass is 9.98. The first-order valence-corrected chi connectivity index (χ1v) is 8.07. The van der Waals surface area contributed by atoms with Crippen molar-refractivity contribution in [3.8, 4) is 0 Å². The molecular weight excluding hydrogens is 222 g/mol. The summed E-state index contributed by atoms with van der Waals surface area (Å²) in [5, 5.41) is 3.71. The molecule has 108 valence electrons. The Morgan fingerprint density at radius 2 is 2.06 bits per heavy atom. The summed E-state index contributed by atoms with van der Waals surface area (Å²) >= 11 is 0. The Kier molecular flexibility index (Phi) is 8.70. The highest BCUT2D eigenvalue weighted by Crippen LogP contribution is 2.19. The Bertz CT molecular complexity index is 188. The highest BCUT2D eigenvalue weighted by atomic mass is 16.5. The second-order valence-electron chi connectivity index (χ2n) is 6.19. The first kappa shape index (κ1) is 16.0. The fraction of sp³-hybridized carbons (Fsp3) is 1.00. The van der Waals surface area contributed by atoms with Crippen LogP contribution in [0.2, 0.25) is 0 Å². The molecule has 18 heavy (non-hydrogen) atoms. The zero-order valence-electron chi connectivity index (χ0n) is 12.7. The van der Waals surface area contributed by atoms with E-state index in [0.717, 1.165) is 19.1 Å². The van der Waals surface area contributed by atoms with Gasteiger partial charge in [0, 0.05) is 12.6 Å². The Labute approximate surface area is 114 Å². The lowest BCUT2D eigenvalue weighted by molar-refractivity contribution is 0.0991. The minimum absolute atomic E-state index is 0.557. The van der Waals surface area contributed by atoms with Gasteiger partial charge in [0.05, 0.1) is 6.10 Å². The van der Waals surface area contributed by atoms with Gasteiger partial charge in [0.25, 0.3) is 0 Å². The van der Waals surface area contributed by atoms with Crippen molar-refractivity contribution in [1.82, 2.24) is 5.32 Å². The molecular formula is C16H33NO. The predicted octanol–water partition coefficient (Wildman–Crippen LogP) is 4.14. The predicted molar refractivity (Wildman–Crippen MR) is 79.0 cm³/mol. The van der Waals surface area contributed by atoms with E-state index in [0.29, 0.717) is 12.1 Å². The van der Waals surface area contributed by atoms with Gasteiger partial charge in [-0.25, -0.2) is 0 Å². The number of ether oxygens (including phenoxy) is 1. The largest absolute Gasteiger partial charge is 0.378 e. The van der Waals surface area contributed by atoms with Crippen LogP contribution in [0.1, 0.15) is 72.1 Å². The van der Waals surface area contributed by atoms with Crippen molar-refractivity contribution < 1.29 is 4.74 Å². The quantitative estimate of drug-likeness (QED) is 0.633. The van der Waals surface area contributed by atoms with Crippen molar-refractivity contribution in [1.29, 1.82) is 0 Å². The third-order valence-corrected chi connectivity index (χ3v) is 3.88. The molecule has 0 aromatic rings. The van der Waals surface area contributed by atoms with Crippen molar-refractivity contribution in [2.45, 2.75) is 84.3 Å². The van der Waals surface area contributed by atoms with Gasteiger partial charge in [0.2, 0.25) is 0 Å². The zero-order valence-corrected chi connectivity index (χ0v) is 12.7. The maximum Gasteiger partial charge on any atom is 0.0576 e. The van der Waals surface area contributed by atoms with E-state index < -0.39 is 0 Å². The molecule has 0 saturated carbocycles. The number of rotatable bonds is 10. The summed E-state index contributed by atoms with van der Waals surface area (Å²) in [5.74, 6) is 0.843. The van der Waals surface area contributed by atoms with E-state index in [1.165, 1.54) is 51.4 Å². The van der Waals surface area contributed by atoms with Crippen LogP contribution in [-0.2, 0) is 4.74 Å². The third kappa shape index (κ3) is 7.38. The minimum atomic E-state index is 0.557. The average molecular weight is 255 g/mol. The third-order valence-electron chi connectivity index (χ3n) is 3.88. The second kappa shape index (κ2) is 9.80. The van der Waals surface area contributed by atoms with E-state index >= 15 is 0 Å². The molecule has 1 N–H and O–H groups in total. The van der Waals surface area contributed by atoms with Crippen molar-refractivity contribution in [2.24, 2.45) is 5.92 Å². The Morgan fingerprint density at radius 1 is 1.22 bits per heavy atom. The summed E-state index contributed by atoms with van der Waals surface area (Å²) < 4.78 is 5.72. The van der Waals surface area contributed by atoms with E-state index in [9.17, 15) is 0 Å². The van der Waals surface area contributed by atoms with Crippen LogP contribution in [0.5, 0.6) is 0 Å². The Balaban J connectivity index is 2.16. The molecule has 1 aliphatic rings. The number of hydrogen-bond acceptors (Lipinski definition) is 2. The molecule has 0 aliphatic carbocycles. The van der Waals surface area contributed by atoms with E-state index in [2.05, 4.69) is 26.1 Å². The van der Waals surface area contributed by atoms with Crippen molar-refractivity contribution in [3.05, 3.63) is 0 Å². The topological polar surface area (TPSA) is 21.3 Å². The molecule has 1 aliphatic heterocycles. The lowest BCUT2D eigenvalue weighted by Crippen LogP contribution is -2.30. The van der Waals surface area contributed by atoms with Gasteiger partial charge in [-0.1, -0.05) is 33.6 Å². The molecule has 1 rings (SSSR count). The molecule has 0 amide bonds. The first-order chi connectivity index (χ1) is 8.72. The van der Waals surface area contributed by atoms with E-state index in [-0.39, 0.29) is 0 Å². The Morgan fingerprint density at radius 3 is 2.67 bits per heavy atom. The maximum absolute atomic E-state index is 5.72. The fourth-order valence-electron chi connectivity index (χ4n) is 2.73. The molecule has 0 aromatic carbocycles. The molecule has 1 fully saturated rings. The highest BCUT2D eigenvalue weighted by molar-refractivity contribution is 4.72. The first-order valence-electron chi connectivity index (χ1n) is 8.07.